The normalized spacial score (nSPS) is 17.6. The van der Waals surface area contributed by atoms with Crippen LogP contribution in [0.4, 0.5) is 8.78 Å². The molecule has 0 N–H and O–H groups in total. The lowest BCUT2D eigenvalue weighted by atomic mass is 9.63. The highest BCUT2D eigenvalue weighted by Gasteiger charge is 2.45. The van der Waals surface area contributed by atoms with Crippen LogP contribution in [0, 0.1) is 28.9 Å². The average molecular weight is 453 g/mol. The molecule has 2 unspecified atom stereocenters. The smallest absolute Gasteiger partial charge is 0.130 e. The van der Waals surface area contributed by atoms with Gasteiger partial charge in [0, 0.05) is 24.2 Å². The largest absolute Gasteiger partial charge is 0.298 e. The van der Waals surface area contributed by atoms with E-state index in [4.69, 9.17) is 0 Å². The molecule has 0 bridgehead atoms. The van der Waals surface area contributed by atoms with Crippen molar-refractivity contribution in [1.82, 2.24) is 4.90 Å². The maximum absolute atomic E-state index is 15.0. The Hall–Kier alpha value is -2.25. The van der Waals surface area contributed by atoms with Gasteiger partial charge in [0.2, 0.25) is 0 Å². The Kier molecular flexibility index (Phi) is 9.03. The van der Waals surface area contributed by atoms with Crippen LogP contribution in [0.5, 0.6) is 0 Å². The molecule has 178 valence electrons. The highest BCUT2D eigenvalue weighted by atomic mass is 19.1. The second-order valence-electron chi connectivity index (χ2n) is 9.97. The minimum Gasteiger partial charge on any atom is -0.298 e. The van der Waals surface area contributed by atoms with E-state index in [1.165, 1.54) is 23.8 Å². The standard InChI is InChI=1S/C29H38F2N2/c1-22(2)33(20-18-24-11-6-4-7-12-24)23(3)17-19-29(21-32,25-13-8-5-9-14-25)28-26(30)15-10-16-27(28)31/h4,6-7,10-12,15-16,22-23,25H,5,8-9,13-14,17-20H2,1-3H3. The quantitative estimate of drug-likeness (QED) is 0.375. The zero-order chi connectivity index (χ0) is 23.8. The Labute approximate surface area is 198 Å². The first-order chi connectivity index (χ1) is 15.9. The van der Waals surface area contributed by atoms with Gasteiger partial charge in [0.1, 0.15) is 11.6 Å². The fraction of sp³-hybridized carbons (Fsp3) is 0.552. The van der Waals surface area contributed by atoms with Gasteiger partial charge in [-0.3, -0.25) is 4.90 Å². The second-order valence-corrected chi connectivity index (χ2v) is 9.97. The van der Waals surface area contributed by atoms with Crippen LogP contribution in [0.3, 0.4) is 0 Å². The van der Waals surface area contributed by atoms with Crippen molar-refractivity contribution in [3.8, 4) is 6.07 Å². The van der Waals surface area contributed by atoms with Gasteiger partial charge in [-0.05, 0) is 76.5 Å². The van der Waals surface area contributed by atoms with E-state index in [-0.39, 0.29) is 17.5 Å². The maximum Gasteiger partial charge on any atom is 0.130 e. The van der Waals surface area contributed by atoms with Crippen molar-refractivity contribution in [2.24, 2.45) is 5.92 Å². The van der Waals surface area contributed by atoms with Gasteiger partial charge in [-0.15, -0.1) is 0 Å². The van der Waals surface area contributed by atoms with E-state index in [2.05, 4.69) is 56.0 Å². The Morgan fingerprint density at radius 2 is 1.61 bits per heavy atom. The zero-order valence-electron chi connectivity index (χ0n) is 20.4. The minimum atomic E-state index is -1.12. The fourth-order valence-corrected chi connectivity index (χ4v) is 5.75. The van der Waals surface area contributed by atoms with Gasteiger partial charge >= 0.3 is 0 Å². The van der Waals surface area contributed by atoms with E-state index in [9.17, 15) is 5.26 Å². The molecule has 2 nitrogen and oxygen atoms in total. The van der Waals surface area contributed by atoms with Crippen molar-refractivity contribution in [1.29, 1.82) is 5.26 Å². The molecule has 4 heteroatoms. The summed E-state index contributed by atoms with van der Waals surface area (Å²) in [6.45, 7) is 7.49. The molecule has 1 aliphatic rings. The molecule has 0 saturated heterocycles. The number of benzene rings is 2. The Morgan fingerprint density at radius 3 is 2.18 bits per heavy atom. The van der Waals surface area contributed by atoms with Gasteiger partial charge < -0.3 is 0 Å². The molecule has 0 spiro atoms. The van der Waals surface area contributed by atoms with Gasteiger partial charge in [-0.2, -0.15) is 5.26 Å². The monoisotopic (exact) mass is 452 g/mol. The topological polar surface area (TPSA) is 27.0 Å². The molecule has 2 atom stereocenters. The van der Waals surface area contributed by atoms with Gasteiger partial charge in [0.05, 0.1) is 11.5 Å². The molecule has 2 aromatic rings. The van der Waals surface area contributed by atoms with E-state index in [0.717, 1.165) is 51.5 Å². The number of hydrogen-bond donors (Lipinski definition) is 0. The van der Waals surface area contributed by atoms with Crippen LogP contribution in [0.2, 0.25) is 0 Å². The predicted molar refractivity (Wildman–Crippen MR) is 131 cm³/mol. The summed E-state index contributed by atoms with van der Waals surface area (Å²) < 4.78 is 30.0. The van der Waals surface area contributed by atoms with Crippen LogP contribution < -0.4 is 0 Å². The molecule has 33 heavy (non-hydrogen) atoms. The number of nitriles is 1. The summed E-state index contributed by atoms with van der Waals surface area (Å²) in [6, 6.07) is 17.5. The van der Waals surface area contributed by atoms with Crippen molar-refractivity contribution < 1.29 is 8.78 Å². The first-order valence-electron chi connectivity index (χ1n) is 12.5. The number of nitrogens with zero attached hydrogens (tertiary/aromatic N) is 2. The molecule has 1 fully saturated rings. The molecule has 1 saturated carbocycles. The average Bonchev–Trinajstić information content (AvgIpc) is 2.82. The summed E-state index contributed by atoms with van der Waals surface area (Å²) in [5, 5.41) is 10.4. The van der Waals surface area contributed by atoms with E-state index in [0.29, 0.717) is 12.5 Å². The van der Waals surface area contributed by atoms with Crippen LogP contribution in [0.15, 0.2) is 48.5 Å². The fourth-order valence-electron chi connectivity index (χ4n) is 5.75. The van der Waals surface area contributed by atoms with Crippen molar-refractivity contribution >= 4 is 0 Å². The third kappa shape index (κ3) is 6.01. The van der Waals surface area contributed by atoms with Gasteiger partial charge in [0.15, 0.2) is 0 Å². The summed E-state index contributed by atoms with van der Waals surface area (Å²) in [4.78, 5) is 2.45. The van der Waals surface area contributed by atoms with Gasteiger partial charge in [-0.25, -0.2) is 8.78 Å². The van der Waals surface area contributed by atoms with Crippen LogP contribution in [0.1, 0.15) is 76.8 Å². The lowest BCUT2D eigenvalue weighted by Gasteiger charge is -2.40. The van der Waals surface area contributed by atoms with Crippen LogP contribution in [-0.2, 0) is 11.8 Å². The molecule has 0 heterocycles. The van der Waals surface area contributed by atoms with Crippen LogP contribution in [-0.4, -0.2) is 23.5 Å². The summed E-state index contributed by atoms with van der Waals surface area (Å²) >= 11 is 0. The Morgan fingerprint density at radius 1 is 0.970 bits per heavy atom. The number of hydrogen-bond acceptors (Lipinski definition) is 2. The van der Waals surface area contributed by atoms with E-state index in [1.807, 2.05) is 6.07 Å². The maximum atomic E-state index is 15.0. The predicted octanol–water partition coefficient (Wildman–Crippen LogP) is 7.43. The highest BCUT2D eigenvalue weighted by Crippen LogP contribution is 2.46. The van der Waals surface area contributed by atoms with Crippen molar-refractivity contribution in [2.75, 3.05) is 6.54 Å². The summed E-state index contributed by atoms with van der Waals surface area (Å²) in [5.41, 5.74) is 0.177. The molecular weight excluding hydrogens is 414 g/mol. The van der Waals surface area contributed by atoms with Crippen molar-refractivity contribution in [2.45, 2.75) is 89.6 Å². The third-order valence-corrected chi connectivity index (χ3v) is 7.60. The van der Waals surface area contributed by atoms with Crippen LogP contribution in [0.25, 0.3) is 0 Å². The Bertz CT molecular complexity index is 895. The molecule has 2 aromatic carbocycles. The first-order valence-corrected chi connectivity index (χ1v) is 12.5. The van der Waals surface area contributed by atoms with Gasteiger partial charge in [-0.1, -0.05) is 55.7 Å². The van der Waals surface area contributed by atoms with Crippen molar-refractivity contribution in [3.05, 3.63) is 71.3 Å². The first kappa shape index (κ1) is 25.4. The summed E-state index contributed by atoms with van der Waals surface area (Å²) in [7, 11) is 0. The number of rotatable bonds is 10. The molecular formula is C29H38F2N2. The van der Waals surface area contributed by atoms with E-state index in [1.54, 1.807) is 0 Å². The second kappa shape index (κ2) is 11.7. The van der Waals surface area contributed by atoms with Crippen LogP contribution >= 0.6 is 0 Å². The van der Waals surface area contributed by atoms with E-state index < -0.39 is 17.0 Å². The SMILES string of the molecule is CC(C)N(CCc1ccccc1)C(C)CCC(C#N)(c1c(F)cccc1F)C1CCCCC1. The van der Waals surface area contributed by atoms with E-state index >= 15 is 8.78 Å². The molecule has 0 radical (unpaired) electrons. The minimum absolute atomic E-state index is 0.00742. The molecule has 1 aliphatic carbocycles. The number of halogens is 2. The lowest BCUT2D eigenvalue weighted by Crippen LogP contribution is -2.43. The molecule has 3 rings (SSSR count). The molecule has 0 aliphatic heterocycles. The molecule has 0 amide bonds. The zero-order valence-corrected chi connectivity index (χ0v) is 20.4. The summed E-state index contributed by atoms with van der Waals surface area (Å²) in [6.07, 6.45) is 7.05. The van der Waals surface area contributed by atoms with Crippen molar-refractivity contribution in [3.63, 3.8) is 0 Å². The van der Waals surface area contributed by atoms with Gasteiger partial charge in [0.25, 0.3) is 0 Å². The summed E-state index contributed by atoms with van der Waals surface area (Å²) in [5.74, 6) is -1.18. The lowest BCUT2D eigenvalue weighted by molar-refractivity contribution is 0.140. The Balaban J connectivity index is 1.82. The molecule has 0 aromatic heterocycles. The highest BCUT2D eigenvalue weighted by molar-refractivity contribution is 5.36. The third-order valence-electron chi connectivity index (χ3n) is 7.60.